The summed E-state index contributed by atoms with van der Waals surface area (Å²) in [4.78, 5) is 21.5. The third kappa shape index (κ3) is 2.78. The summed E-state index contributed by atoms with van der Waals surface area (Å²) in [5, 5.41) is 0. The smallest absolute Gasteiger partial charge is 0.243 e. The first-order valence-corrected chi connectivity index (χ1v) is 6.80. The first-order valence-electron chi connectivity index (χ1n) is 6.80. The maximum Gasteiger partial charge on any atom is 0.243 e. The Kier molecular flexibility index (Phi) is 3.67. The molecule has 3 rings (SSSR count). The molecule has 1 aliphatic heterocycles. The molecule has 0 saturated carbocycles. The van der Waals surface area contributed by atoms with Gasteiger partial charge >= 0.3 is 0 Å². The van der Waals surface area contributed by atoms with Gasteiger partial charge in [-0.2, -0.15) is 15.0 Å². The predicted octanol–water partition coefficient (Wildman–Crippen LogP) is -0.517. The molecule has 1 unspecified atom stereocenters. The molecule has 1 saturated heterocycles. The van der Waals surface area contributed by atoms with E-state index in [9.17, 15) is 0 Å². The van der Waals surface area contributed by atoms with Gasteiger partial charge in [-0.3, -0.25) is 9.99 Å². The molecular weight excluding hydrogens is 270 g/mol. The van der Waals surface area contributed by atoms with Crippen LogP contribution in [-0.4, -0.2) is 62.6 Å². The van der Waals surface area contributed by atoms with Crippen molar-refractivity contribution in [1.82, 2.24) is 29.4 Å². The monoisotopic (exact) mass is 289 g/mol. The molecule has 3 N–H and O–H groups in total. The first-order chi connectivity index (χ1) is 10.2. The van der Waals surface area contributed by atoms with Crippen molar-refractivity contribution in [2.45, 2.75) is 12.5 Å². The number of nitrogens with two attached hydrogens (primary N) is 1. The van der Waals surface area contributed by atoms with Crippen LogP contribution in [0.25, 0.3) is 5.95 Å². The molecule has 1 aliphatic rings. The Balaban J connectivity index is 1.90. The molecule has 1 fully saturated rings. The Labute approximate surface area is 122 Å². The molecule has 0 radical (unpaired) electrons. The summed E-state index contributed by atoms with van der Waals surface area (Å²) in [6.45, 7) is 1.81. The topological polar surface area (TPSA) is 101 Å². The zero-order chi connectivity index (χ0) is 14.8. The molecule has 0 aliphatic carbocycles. The summed E-state index contributed by atoms with van der Waals surface area (Å²) < 4.78 is 1.73. The fourth-order valence-corrected chi connectivity index (χ4v) is 2.40. The van der Waals surface area contributed by atoms with E-state index in [2.05, 4.69) is 49.3 Å². The van der Waals surface area contributed by atoms with E-state index in [1.54, 1.807) is 23.3 Å². The van der Waals surface area contributed by atoms with Crippen LogP contribution in [0.5, 0.6) is 0 Å². The van der Waals surface area contributed by atoms with E-state index in [0.29, 0.717) is 23.9 Å². The normalized spacial score (nSPS) is 18.5. The van der Waals surface area contributed by atoms with Crippen LogP contribution in [0.3, 0.4) is 0 Å². The molecule has 9 nitrogen and oxygen atoms in total. The molecule has 0 bridgehead atoms. The summed E-state index contributed by atoms with van der Waals surface area (Å²) >= 11 is 0. The van der Waals surface area contributed by atoms with Crippen LogP contribution in [0.15, 0.2) is 18.7 Å². The largest absolute Gasteiger partial charge is 0.339 e. The number of aromatic nitrogens is 5. The van der Waals surface area contributed by atoms with Gasteiger partial charge in [0.1, 0.15) is 6.33 Å². The third-order valence-corrected chi connectivity index (χ3v) is 3.65. The summed E-state index contributed by atoms with van der Waals surface area (Å²) in [5.41, 5.74) is 2.49. The molecule has 21 heavy (non-hydrogen) atoms. The fourth-order valence-electron chi connectivity index (χ4n) is 2.40. The van der Waals surface area contributed by atoms with Gasteiger partial charge in [0.25, 0.3) is 0 Å². The van der Waals surface area contributed by atoms with Gasteiger partial charge in [-0.25, -0.2) is 10.8 Å². The number of hydrazine groups is 1. The zero-order valence-electron chi connectivity index (χ0n) is 12.1. The van der Waals surface area contributed by atoms with Crippen LogP contribution >= 0.6 is 0 Å². The van der Waals surface area contributed by atoms with E-state index in [4.69, 9.17) is 5.84 Å². The van der Waals surface area contributed by atoms with Gasteiger partial charge in [0.05, 0.1) is 0 Å². The van der Waals surface area contributed by atoms with Crippen LogP contribution in [0.2, 0.25) is 0 Å². The van der Waals surface area contributed by atoms with Gasteiger partial charge < -0.3 is 9.80 Å². The van der Waals surface area contributed by atoms with Crippen molar-refractivity contribution >= 4 is 11.9 Å². The Morgan fingerprint density at radius 2 is 2.10 bits per heavy atom. The number of imidazole rings is 1. The van der Waals surface area contributed by atoms with E-state index in [1.165, 1.54) is 0 Å². The second-order valence-electron chi connectivity index (χ2n) is 5.23. The van der Waals surface area contributed by atoms with E-state index >= 15 is 0 Å². The number of hydrogen-bond donors (Lipinski definition) is 2. The summed E-state index contributed by atoms with van der Waals surface area (Å²) in [5.74, 6) is 6.93. The lowest BCUT2D eigenvalue weighted by Crippen LogP contribution is -2.32. The van der Waals surface area contributed by atoms with Gasteiger partial charge in [0.15, 0.2) is 0 Å². The number of likely N-dealkylation sites (N-methyl/N-ethyl adjacent to an activating group) is 1. The highest BCUT2D eigenvalue weighted by atomic mass is 15.4. The van der Waals surface area contributed by atoms with Gasteiger partial charge in [-0.1, -0.05) is 0 Å². The van der Waals surface area contributed by atoms with Gasteiger partial charge in [-0.15, -0.1) is 0 Å². The highest BCUT2D eigenvalue weighted by Gasteiger charge is 2.26. The van der Waals surface area contributed by atoms with Crippen molar-refractivity contribution in [1.29, 1.82) is 0 Å². The lowest BCUT2D eigenvalue weighted by atomic mass is 10.2. The SMILES string of the molecule is CN(C)C1CCN(c2nc(NN)nc(-n3ccnc3)n2)C1. The van der Waals surface area contributed by atoms with E-state index in [0.717, 1.165) is 19.5 Å². The van der Waals surface area contributed by atoms with Crippen LogP contribution in [0, 0.1) is 0 Å². The molecule has 3 heterocycles. The molecule has 2 aromatic heterocycles. The van der Waals surface area contributed by atoms with Gasteiger partial charge in [0.2, 0.25) is 17.8 Å². The van der Waals surface area contributed by atoms with Crippen LogP contribution in [-0.2, 0) is 0 Å². The predicted molar refractivity (Wildman–Crippen MR) is 79.1 cm³/mol. The molecule has 0 aromatic carbocycles. The second kappa shape index (κ2) is 5.62. The maximum atomic E-state index is 5.46. The van der Waals surface area contributed by atoms with E-state index < -0.39 is 0 Å². The number of rotatable bonds is 4. The molecule has 1 atom stereocenters. The Hall–Kier alpha value is -2.26. The lowest BCUT2D eigenvalue weighted by Gasteiger charge is -2.20. The number of nitrogens with one attached hydrogen (secondary N) is 1. The molecule has 2 aromatic rings. The van der Waals surface area contributed by atoms with E-state index in [1.807, 2.05) is 0 Å². The minimum absolute atomic E-state index is 0.344. The molecule has 112 valence electrons. The minimum atomic E-state index is 0.344. The van der Waals surface area contributed by atoms with Crippen LogP contribution in [0.1, 0.15) is 6.42 Å². The Morgan fingerprint density at radius 3 is 2.71 bits per heavy atom. The van der Waals surface area contributed by atoms with Crippen molar-refractivity contribution in [2.75, 3.05) is 37.5 Å². The fraction of sp³-hybridized carbons (Fsp3) is 0.500. The van der Waals surface area contributed by atoms with Crippen molar-refractivity contribution in [3.63, 3.8) is 0 Å². The first kappa shape index (κ1) is 13.7. The summed E-state index contributed by atoms with van der Waals surface area (Å²) in [6.07, 6.45) is 6.19. The minimum Gasteiger partial charge on any atom is -0.339 e. The number of anilines is 2. The second-order valence-corrected chi connectivity index (χ2v) is 5.23. The third-order valence-electron chi connectivity index (χ3n) is 3.65. The zero-order valence-corrected chi connectivity index (χ0v) is 12.1. The van der Waals surface area contributed by atoms with Gasteiger partial charge in [-0.05, 0) is 20.5 Å². The standard InChI is InChI=1S/C12H19N9/c1-19(2)9-3-5-20(7-9)11-15-10(18-13)16-12(17-11)21-6-4-14-8-21/h4,6,8-9H,3,5,7,13H2,1-2H3,(H,15,16,17,18). The molecule has 0 amide bonds. The van der Waals surface area contributed by atoms with Gasteiger partial charge in [0, 0.05) is 31.5 Å². The average molecular weight is 289 g/mol. The highest BCUT2D eigenvalue weighted by Crippen LogP contribution is 2.20. The van der Waals surface area contributed by atoms with Crippen molar-refractivity contribution < 1.29 is 0 Å². The van der Waals surface area contributed by atoms with Crippen LogP contribution < -0.4 is 16.2 Å². The highest BCUT2D eigenvalue weighted by molar-refractivity contribution is 5.40. The molecular formula is C12H19N9. The van der Waals surface area contributed by atoms with E-state index in [-0.39, 0.29) is 0 Å². The van der Waals surface area contributed by atoms with Crippen molar-refractivity contribution in [3.8, 4) is 5.95 Å². The van der Waals surface area contributed by atoms with Crippen molar-refractivity contribution in [3.05, 3.63) is 18.7 Å². The average Bonchev–Trinajstić information content (AvgIpc) is 3.18. The Bertz CT molecular complexity index is 595. The molecule has 0 spiro atoms. The number of nitrogen functional groups attached to an aromatic ring is 1. The molecule has 9 heteroatoms. The number of nitrogens with zero attached hydrogens (tertiary/aromatic N) is 7. The van der Waals surface area contributed by atoms with Crippen LogP contribution in [0.4, 0.5) is 11.9 Å². The summed E-state index contributed by atoms with van der Waals surface area (Å²) in [7, 11) is 4.18. The van der Waals surface area contributed by atoms with Crippen molar-refractivity contribution in [2.24, 2.45) is 5.84 Å². The maximum absolute atomic E-state index is 5.46. The lowest BCUT2D eigenvalue weighted by molar-refractivity contribution is 0.315. The Morgan fingerprint density at radius 1 is 1.29 bits per heavy atom. The number of hydrogen-bond acceptors (Lipinski definition) is 8. The quantitative estimate of drug-likeness (QED) is 0.573. The summed E-state index contributed by atoms with van der Waals surface area (Å²) in [6, 6.07) is 0.507.